The van der Waals surface area contributed by atoms with Crippen molar-refractivity contribution in [2.45, 2.75) is 26.8 Å². The Labute approximate surface area is 139 Å². The first-order chi connectivity index (χ1) is 9.45. The SMILES string of the molecule is Cc1ccc([C@@H](N2CCNCC2)C(C)(C)CO)cc1Cl.Cl. The number of halogens is 2. The van der Waals surface area contributed by atoms with Crippen LogP contribution in [0.5, 0.6) is 0 Å². The van der Waals surface area contributed by atoms with Crippen LogP contribution in [0.2, 0.25) is 5.02 Å². The molecule has 0 saturated carbocycles. The second kappa shape index (κ2) is 7.80. The van der Waals surface area contributed by atoms with Gasteiger partial charge in [-0.25, -0.2) is 0 Å². The van der Waals surface area contributed by atoms with Crippen molar-refractivity contribution in [2.24, 2.45) is 5.41 Å². The third-order valence-electron chi connectivity index (χ3n) is 4.18. The molecule has 1 heterocycles. The Hall–Kier alpha value is -0.320. The van der Waals surface area contributed by atoms with Gasteiger partial charge in [0.25, 0.3) is 0 Å². The molecular weight excluding hydrogens is 307 g/mol. The van der Waals surface area contributed by atoms with Crippen molar-refractivity contribution in [1.82, 2.24) is 10.2 Å². The zero-order valence-corrected chi connectivity index (χ0v) is 14.6. The number of rotatable bonds is 4. The fraction of sp³-hybridized carbons (Fsp3) is 0.625. The number of nitrogens with one attached hydrogen (secondary N) is 1. The van der Waals surface area contributed by atoms with E-state index in [-0.39, 0.29) is 30.5 Å². The monoisotopic (exact) mass is 332 g/mol. The van der Waals surface area contributed by atoms with Gasteiger partial charge in [0.05, 0.1) is 0 Å². The highest BCUT2D eigenvalue weighted by atomic mass is 35.5. The van der Waals surface area contributed by atoms with E-state index in [9.17, 15) is 5.11 Å². The Balaban J connectivity index is 0.00000220. The first-order valence-electron chi connectivity index (χ1n) is 7.27. The summed E-state index contributed by atoms with van der Waals surface area (Å²) in [5.41, 5.74) is 2.09. The van der Waals surface area contributed by atoms with Gasteiger partial charge in [0.15, 0.2) is 0 Å². The minimum Gasteiger partial charge on any atom is -0.396 e. The fourth-order valence-electron chi connectivity index (χ4n) is 2.96. The van der Waals surface area contributed by atoms with Gasteiger partial charge in [-0.05, 0) is 24.1 Å². The van der Waals surface area contributed by atoms with Crippen molar-refractivity contribution in [3.8, 4) is 0 Å². The van der Waals surface area contributed by atoms with Crippen LogP contribution >= 0.6 is 24.0 Å². The summed E-state index contributed by atoms with van der Waals surface area (Å²) < 4.78 is 0. The molecule has 5 heteroatoms. The maximum absolute atomic E-state index is 9.81. The predicted molar refractivity (Wildman–Crippen MR) is 91.5 cm³/mol. The van der Waals surface area contributed by atoms with E-state index in [0.29, 0.717) is 0 Å². The molecule has 0 spiro atoms. The zero-order valence-electron chi connectivity index (χ0n) is 13.0. The van der Waals surface area contributed by atoms with Gasteiger partial charge in [0.2, 0.25) is 0 Å². The molecule has 1 aromatic carbocycles. The zero-order chi connectivity index (χ0) is 14.8. The molecule has 0 bridgehead atoms. The van der Waals surface area contributed by atoms with E-state index in [1.54, 1.807) is 0 Å². The van der Waals surface area contributed by atoms with Crippen LogP contribution in [0, 0.1) is 12.3 Å². The van der Waals surface area contributed by atoms with Gasteiger partial charge in [-0.3, -0.25) is 4.90 Å². The maximum Gasteiger partial charge on any atom is 0.0500 e. The van der Waals surface area contributed by atoms with Gasteiger partial charge in [0.1, 0.15) is 0 Å². The highest BCUT2D eigenvalue weighted by Crippen LogP contribution is 2.39. The number of hydrogen-bond donors (Lipinski definition) is 2. The van der Waals surface area contributed by atoms with Gasteiger partial charge in [-0.15, -0.1) is 12.4 Å². The summed E-state index contributed by atoms with van der Waals surface area (Å²) in [6.07, 6.45) is 0. The van der Waals surface area contributed by atoms with Crippen molar-refractivity contribution >= 4 is 24.0 Å². The number of aliphatic hydroxyl groups excluding tert-OH is 1. The van der Waals surface area contributed by atoms with E-state index in [0.717, 1.165) is 36.8 Å². The van der Waals surface area contributed by atoms with Crippen molar-refractivity contribution in [1.29, 1.82) is 0 Å². The number of nitrogens with zero attached hydrogens (tertiary/aromatic N) is 1. The summed E-state index contributed by atoms with van der Waals surface area (Å²) in [6, 6.07) is 6.46. The van der Waals surface area contributed by atoms with Gasteiger partial charge >= 0.3 is 0 Å². The van der Waals surface area contributed by atoms with Crippen molar-refractivity contribution < 1.29 is 5.11 Å². The smallest absolute Gasteiger partial charge is 0.0500 e. The van der Waals surface area contributed by atoms with Crippen LogP contribution in [0.4, 0.5) is 0 Å². The van der Waals surface area contributed by atoms with Gasteiger partial charge < -0.3 is 10.4 Å². The van der Waals surface area contributed by atoms with Gasteiger partial charge in [-0.1, -0.05) is 37.6 Å². The quantitative estimate of drug-likeness (QED) is 0.889. The molecule has 2 N–H and O–H groups in total. The van der Waals surface area contributed by atoms with E-state index in [2.05, 4.69) is 42.3 Å². The number of piperazine rings is 1. The molecule has 0 amide bonds. The molecule has 0 aliphatic carbocycles. The first kappa shape index (κ1) is 18.7. The average molecular weight is 333 g/mol. The van der Waals surface area contributed by atoms with Crippen molar-refractivity contribution in [3.05, 3.63) is 34.3 Å². The molecule has 1 aliphatic rings. The molecule has 1 saturated heterocycles. The predicted octanol–water partition coefficient (Wildman–Crippen LogP) is 3.04. The summed E-state index contributed by atoms with van der Waals surface area (Å²) in [5, 5.41) is 14.0. The highest BCUT2D eigenvalue weighted by molar-refractivity contribution is 6.31. The third kappa shape index (κ3) is 4.33. The van der Waals surface area contributed by atoms with Gasteiger partial charge in [-0.2, -0.15) is 0 Å². The lowest BCUT2D eigenvalue weighted by atomic mass is 9.79. The van der Waals surface area contributed by atoms with E-state index < -0.39 is 0 Å². The van der Waals surface area contributed by atoms with E-state index >= 15 is 0 Å². The minimum absolute atomic E-state index is 0. The van der Waals surface area contributed by atoms with Crippen LogP contribution in [-0.2, 0) is 0 Å². The maximum atomic E-state index is 9.81. The molecule has 1 aliphatic heterocycles. The van der Waals surface area contributed by atoms with Crippen LogP contribution in [0.25, 0.3) is 0 Å². The standard InChI is InChI=1S/C16H25ClN2O.ClH/c1-12-4-5-13(10-14(12)17)15(16(2,3)11-20)19-8-6-18-7-9-19;/h4-5,10,15,18,20H,6-9,11H2,1-3H3;1H/t15-;/m1./s1. The van der Waals surface area contributed by atoms with Crippen LogP contribution in [0.15, 0.2) is 18.2 Å². The number of aryl methyl sites for hydroxylation is 1. The molecule has 120 valence electrons. The van der Waals surface area contributed by atoms with Crippen LogP contribution in [-0.4, -0.2) is 42.8 Å². The molecule has 1 atom stereocenters. The largest absolute Gasteiger partial charge is 0.396 e. The molecule has 0 radical (unpaired) electrons. The highest BCUT2D eigenvalue weighted by Gasteiger charge is 2.35. The van der Waals surface area contributed by atoms with E-state index in [1.165, 1.54) is 5.56 Å². The molecule has 1 fully saturated rings. The lowest BCUT2D eigenvalue weighted by Gasteiger charge is -2.43. The number of hydrogen-bond acceptors (Lipinski definition) is 3. The Morgan fingerprint density at radius 1 is 1.33 bits per heavy atom. The van der Waals surface area contributed by atoms with E-state index in [1.807, 2.05) is 6.92 Å². The molecular formula is C16H26Cl2N2O. The Kier molecular flexibility index (Phi) is 6.95. The Morgan fingerprint density at radius 3 is 2.48 bits per heavy atom. The van der Waals surface area contributed by atoms with Crippen LogP contribution in [0.1, 0.15) is 31.0 Å². The van der Waals surface area contributed by atoms with E-state index in [4.69, 9.17) is 11.6 Å². The first-order valence-corrected chi connectivity index (χ1v) is 7.65. The molecule has 1 aromatic rings. The lowest BCUT2D eigenvalue weighted by Crippen LogP contribution is -2.49. The summed E-state index contributed by atoms with van der Waals surface area (Å²) in [4.78, 5) is 2.45. The second-order valence-electron chi connectivity index (χ2n) is 6.34. The minimum atomic E-state index is -0.198. The molecule has 3 nitrogen and oxygen atoms in total. The molecule has 2 rings (SSSR count). The molecule has 0 unspecified atom stereocenters. The number of benzene rings is 1. The van der Waals surface area contributed by atoms with Crippen molar-refractivity contribution in [3.63, 3.8) is 0 Å². The topological polar surface area (TPSA) is 35.5 Å². The fourth-order valence-corrected chi connectivity index (χ4v) is 3.15. The normalized spacial score (nSPS) is 18.1. The van der Waals surface area contributed by atoms with Crippen LogP contribution in [0.3, 0.4) is 0 Å². The third-order valence-corrected chi connectivity index (χ3v) is 4.58. The molecule has 21 heavy (non-hydrogen) atoms. The van der Waals surface area contributed by atoms with Crippen molar-refractivity contribution in [2.75, 3.05) is 32.8 Å². The summed E-state index contributed by atoms with van der Waals surface area (Å²) in [7, 11) is 0. The Bertz CT molecular complexity index is 460. The number of aliphatic hydroxyl groups is 1. The lowest BCUT2D eigenvalue weighted by molar-refractivity contribution is 0.0305. The Morgan fingerprint density at radius 2 is 1.95 bits per heavy atom. The summed E-state index contributed by atoms with van der Waals surface area (Å²) >= 11 is 6.30. The summed E-state index contributed by atoms with van der Waals surface area (Å²) in [6.45, 7) is 10.4. The van der Waals surface area contributed by atoms with Crippen LogP contribution < -0.4 is 5.32 Å². The second-order valence-corrected chi connectivity index (χ2v) is 6.75. The summed E-state index contributed by atoms with van der Waals surface area (Å²) in [5.74, 6) is 0. The van der Waals surface area contributed by atoms with Gasteiger partial charge in [0, 0.05) is 49.3 Å². The average Bonchev–Trinajstić information content (AvgIpc) is 2.44. The molecule has 0 aromatic heterocycles.